The second-order valence-electron chi connectivity index (χ2n) is 8.83. The van der Waals surface area contributed by atoms with Gasteiger partial charge < -0.3 is 24.3 Å². The topological polar surface area (TPSA) is 22.2 Å². The molecule has 0 aliphatic carbocycles. The van der Waals surface area contributed by atoms with Crippen molar-refractivity contribution in [2.45, 2.75) is 78.3 Å². The van der Waals surface area contributed by atoms with E-state index in [-0.39, 0.29) is 0 Å². The second-order valence-corrected chi connectivity index (χ2v) is 8.83. The van der Waals surface area contributed by atoms with Crippen LogP contribution in [0, 0.1) is 0 Å². The highest BCUT2D eigenvalue weighted by molar-refractivity contribution is 4.72. The quantitative estimate of drug-likeness (QED) is 0.281. The molecule has 0 spiro atoms. The predicted molar refractivity (Wildman–Crippen MR) is 129 cm³/mol. The zero-order valence-corrected chi connectivity index (χ0v) is 21.3. The van der Waals surface area contributed by atoms with Crippen LogP contribution in [0.5, 0.6) is 0 Å². The lowest BCUT2D eigenvalue weighted by atomic mass is 10.1. The Morgan fingerprint density at radius 1 is 0.552 bits per heavy atom. The molecule has 0 aromatic carbocycles. The number of hydrogen-bond donors (Lipinski definition) is 0. The molecule has 0 saturated heterocycles. The first-order chi connectivity index (χ1) is 13.9. The van der Waals surface area contributed by atoms with Crippen molar-refractivity contribution in [1.29, 1.82) is 0 Å². The molecule has 0 bridgehead atoms. The van der Waals surface area contributed by atoms with Crippen LogP contribution in [-0.2, 0) is 4.74 Å². The standard InChI is InChI=1S/C24H54N4O/c1-9-27(10-2)23(15-13-19-25(5)6)17-21-29-22-18-24(28(11-3)12-4)16-14-20-26(7)8/h23-24H,9-22H2,1-8H3. The maximum absolute atomic E-state index is 6.15. The van der Waals surface area contributed by atoms with E-state index in [4.69, 9.17) is 4.74 Å². The molecule has 0 aromatic rings. The molecule has 2 unspecified atom stereocenters. The number of hydrogen-bond acceptors (Lipinski definition) is 5. The van der Waals surface area contributed by atoms with Crippen LogP contribution in [0.3, 0.4) is 0 Å². The summed E-state index contributed by atoms with van der Waals surface area (Å²) in [4.78, 5) is 9.80. The van der Waals surface area contributed by atoms with Crippen molar-refractivity contribution < 1.29 is 4.74 Å². The third kappa shape index (κ3) is 14.4. The highest BCUT2D eigenvalue weighted by Crippen LogP contribution is 2.14. The molecular weight excluding hydrogens is 360 g/mol. The van der Waals surface area contributed by atoms with Crippen molar-refractivity contribution in [2.75, 3.05) is 80.7 Å². The molecule has 0 radical (unpaired) electrons. The first-order valence-electron chi connectivity index (χ1n) is 12.2. The highest BCUT2D eigenvalue weighted by Gasteiger charge is 2.17. The summed E-state index contributed by atoms with van der Waals surface area (Å²) in [5, 5.41) is 0. The lowest BCUT2D eigenvalue weighted by Crippen LogP contribution is -2.37. The van der Waals surface area contributed by atoms with Crippen LogP contribution in [0.15, 0.2) is 0 Å². The van der Waals surface area contributed by atoms with Gasteiger partial charge in [0.05, 0.1) is 0 Å². The van der Waals surface area contributed by atoms with Gasteiger partial charge in [0, 0.05) is 25.3 Å². The van der Waals surface area contributed by atoms with Crippen molar-refractivity contribution in [2.24, 2.45) is 0 Å². The molecule has 0 aliphatic rings. The van der Waals surface area contributed by atoms with E-state index in [0.29, 0.717) is 12.1 Å². The van der Waals surface area contributed by atoms with Crippen molar-refractivity contribution in [3.05, 3.63) is 0 Å². The molecule has 29 heavy (non-hydrogen) atoms. The molecular formula is C24H54N4O. The Hall–Kier alpha value is -0.200. The van der Waals surface area contributed by atoms with Crippen LogP contribution in [0.25, 0.3) is 0 Å². The molecule has 0 fully saturated rings. The Labute approximate surface area is 183 Å². The molecule has 0 saturated carbocycles. The summed E-state index contributed by atoms with van der Waals surface area (Å²) in [5.41, 5.74) is 0. The molecule has 0 amide bonds. The first kappa shape index (κ1) is 28.8. The average molecular weight is 415 g/mol. The summed E-state index contributed by atoms with van der Waals surface area (Å²) in [6.07, 6.45) is 7.40. The zero-order chi connectivity index (χ0) is 22.1. The largest absolute Gasteiger partial charge is 0.381 e. The Morgan fingerprint density at radius 3 is 1.17 bits per heavy atom. The van der Waals surface area contributed by atoms with Crippen LogP contribution >= 0.6 is 0 Å². The monoisotopic (exact) mass is 414 g/mol. The van der Waals surface area contributed by atoms with Gasteiger partial charge in [0.25, 0.3) is 0 Å². The van der Waals surface area contributed by atoms with Crippen molar-refractivity contribution >= 4 is 0 Å². The van der Waals surface area contributed by atoms with E-state index in [2.05, 4.69) is 75.5 Å². The van der Waals surface area contributed by atoms with E-state index >= 15 is 0 Å². The minimum Gasteiger partial charge on any atom is -0.381 e. The van der Waals surface area contributed by atoms with E-state index in [9.17, 15) is 0 Å². The molecule has 0 rings (SSSR count). The minimum atomic E-state index is 0.656. The van der Waals surface area contributed by atoms with Crippen molar-refractivity contribution in [3.63, 3.8) is 0 Å². The Bertz CT molecular complexity index is 312. The van der Waals surface area contributed by atoms with E-state index in [0.717, 1.165) is 52.2 Å². The smallest absolute Gasteiger partial charge is 0.0480 e. The molecule has 0 heterocycles. The van der Waals surface area contributed by atoms with Gasteiger partial charge in [-0.05, 0) is 106 Å². The third-order valence-electron chi connectivity index (χ3n) is 6.13. The normalized spacial score (nSPS) is 14.5. The van der Waals surface area contributed by atoms with Gasteiger partial charge in [-0.25, -0.2) is 0 Å². The molecule has 2 atom stereocenters. The molecule has 0 N–H and O–H groups in total. The van der Waals surface area contributed by atoms with Crippen LogP contribution < -0.4 is 0 Å². The van der Waals surface area contributed by atoms with Gasteiger partial charge in [-0.15, -0.1) is 0 Å². The van der Waals surface area contributed by atoms with Gasteiger partial charge in [0.1, 0.15) is 0 Å². The van der Waals surface area contributed by atoms with E-state index in [1.54, 1.807) is 0 Å². The van der Waals surface area contributed by atoms with Crippen molar-refractivity contribution in [1.82, 2.24) is 19.6 Å². The van der Waals surface area contributed by atoms with Crippen LogP contribution in [0.1, 0.15) is 66.2 Å². The van der Waals surface area contributed by atoms with Gasteiger partial charge in [0.15, 0.2) is 0 Å². The van der Waals surface area contributed by atoms with Gasteiger partial charge in [-0.3, -0.25) is 0 Å². The maximum Gasteiger partial charge on any atom is 0.0480 e. The third-order valence-corrected chi connectivity index (χ3v) is 6.13. The van der Waals surface area contributed by atoms with Crippen LogP contribution in [0.4, 0.5) is 0 Å². The molecule has 0 aromatic heterocycles. The zero-order valence-electron chi connectivity index (χ0n) is 21.3. The Kier molecular flexibility index (Phi) is 18.4. The molecule has 0 aliphatic heterocycles. The summed E-state index contributed by atoms with van der Waals surface area (Å²) in [6.45, 7) is 17.8. The summed E-state index contributed by atoms with van der Waals surface area (Å²) in [7, 11) is 8.67. The predicted octanol–water partition coefficient (Wildman–Crippen LogP) is 3.89. The number of nitrogens with zero attached hydrogens (tertiary/aromatic N) is 4. The SMILES string of the molecule is CCN(CC)C(CCCN(C)C)CCOCCC(CCCN(C)C)N(CC)CC. The van der Waals surface area contributed by atoms with Crippen molar-refractivity contribution in [3.8, 4) is 0 Å². The molecule has 176 valence electrons. The molecule has 5 heteroatoms. The summed E-state index contributed by atoms with van der Waals surface area (Å²) in [6, 6.07) is 1.31. The highest BCUT2D eigenvalue weighted by atomic mass is 16.5. The second kappa shape index (κ2) is 18.6. The van der Waals surface area contributed by atoms with Gasteiger partial charge in [0.2, 0.25) is 0 Å². The average Bonchev–Trinajstić information content (AvgIpc) is 2.68. The Balaban J connectivity index is 4.38. The van der Waals surface area contributed by atoms with Gasteiger partial charge >= 0.3 is 0 Å². The van der Waals surface area contributed by atoms with E-state index in [1.807, 2.05) is 0 Å². The van der Waals surface area contributed by atoms with Crippen LogP contribution in [-0.4, -0.2) is 112 Å². The lowest BCUT2D eigenvalue weighted by Gasteiger charge is -2.31. The fourth-order valence-corrected chi connectivity index (χ4v) is 4.33. The maximum atomic E-state index is 6.15. The fourth-order valence-electron chi connectivity index (χ4n) is 4.33. The first-order valence-corrected chi connectivity index (χ1v) is 12.2. The summed E-state index contributed by atoms with van der Waals surface area (Å²) < 4.78 is 6.15. The minimum absolute atomic E-state index is 0.656. The van der Waals surface area contributed by atoms with Crippen LogP contribution in [0.2, 0.25) is 0 Å². The summed E-state index contributed by atoms with van der Waals surface area (Å²) >= 11 is 0. The number of rotatable bonds is 20. The fraction of sp³-hybridized carbons (Fsp3) is 1.00. The van der Waals surface area contributed by atoms with Gasteiger partial charge in [-0.2, -0.15) is 0 Å². The number of ether oxygens (including phenoxy) is 1. The summed E-state index contributed by atoms with van der Waals surface area (Å²) in [5.74, 6) is 0. The van der Waals surface area contributed by atoms with E-state index < -0.39 is 0 Å². The Morgan fingerprint density at radius 2 is 0.897 bits per heavy atom. The van der Waals surface area contributed by atoms with Gasteiger partial charge in [-0.1, -0.05) is 27.7 Å². The van der Waals surface area contributed by atoms with E-state index in [1.165, 1.54) is 38.8 Å². The lowest BCUT2D eigenvalue weighted by molar-refractivity contribution is 0.0746. The molecule has 5 nitrogen and oxygen atoms in total.